The van der Waals surface area contributed by atoms with Crippen LogP contribution in [0.5, 0.6) is 0 Å². The highest BCUT2D eigenvalue weighted by molar-refractivity contribution is 7.47. The molecule has 0 radical (unpaired) electrons. The third-order valence-electron chi connectivity index (χ3n) is 9.01. The van der Waals surface area contributed by atoms with E-state index in [1.54, 1.807) is 0 Å². The van der Waals surface area contributed by atoms with Gasteiger partial charge < -0.3 is 25.2 Å². The van der Waals surface area contributed by atoms with E-state index < -0.39 is 51.1 Å². The highest BCUT2D eigenvalue weighted by atomic mass is 31.2. The number of ether oxygens (including phenoxy) is 2. The first-order valence-corrected chi connectivity index (χ1v) is 22.2. The Balaban J connectivity index is 4.37. The molecular weight excluding hydrogens is 685 g/mol. The first kappa shape index (κ1) is 50.2. The maximum atomic E-state index is 12.6. The van der Waals surface area contributed by atoms with Crippen LogP contribution in [0.2, 0.25) is 0 Å². The number of carbonyl (C=O) groups is 3. The molecule has 0 aromatic rings. The second kappa shape index (κ2) is 36.2. The molecule has 0 spiro atoms. The minimum Gasteiger partial charge on any atom is -0.480 e. The molecule has 11 nitrogen and oxygen atoms in total. The molecule has 0 rings (SSSR count). The van der Waals surface area contributed by atoms with Gasteiger partial charge in [-0.2, -0.15) is 0 Å². The van der Waals surface area contributed by atoms with Gasteiger partial charge in [-0.3, -0.25) is 23.4 Å². The number of phosphoric ester groups is 1. The smallest absolute Gasteiger partial charge is 0.472 e. The number of allylic oxidation sites excluding steroid dienone is 2. The van der Waals surface area contributed by atoms with Gasteiger partial charge in [-0.05, 0) is 38.5 Å². The lowest BCUT2D eigenvalue weighted by Crippen LogP contribution is -2.34. The van der Waals surface area contributed by atoms with Crippen LogP contribution in [0, 0.1) is 0 Å². The SMILES string of the molecule is CCCCCC/C=C/CCCCCCCCCC(=O)OC[C@H](COP(=O)(O)OC[C@H](N)C(=O)O)OC(=O)CCCCCCCCCCCCCCC. The van der Waals surface area contributed by atoms with Gasteiger partial charge in [-0.15, -0.1) is 0 Å². The van der Waals surface area contributed by atoms with Crippen molar-refractivity contribution in [3.8, 4) is 0 Å². The monoisotopic (exact) mass is 762 g/mol. The van der Waals surface area contributed by atoms with Crippen molar-refractivity contribution < 1.29 is 47.5 Å². The highest BCUT2D eigenvalue weighted by Gasteiger charge is 2.28. The number of carbonyl (C=O) groups excluding carboxylic acids is 2. The van der Waals surface area contributed by atoms with Crippen molar-refractivity contribution in [1.82, 2.24) is 0 Å². The summed E-state index contributed by atoms with van der Waals surface area (Å²) in [5.41, 5.74) is 5.32. The van der Waals surface area contributed by atoms with E-state index in [2.05, 4.69) is 30.5 Å². The number of carboxylic acid groups (broad SMARTS) is 1. The van der Waals surface area contributed by atoms with Crippen molar-refractivity contribution in [2.45, 2.75) is 206 Å². The number of rotatable bonds is 39. The van der Waals surface area contributed by atoms with E-state index >= 15 is 0 Å². The number of esters is 2. The summed E-state index contributed by atoms with van der Waals surface area (Å²) in [5, 5.41) is 8.87. The van der Waals surface area contributed by atoms with E-state index in [0.717, 1.165) is 44.9 Å². The molecule has 306 valence electrons. The predicted molar refractivity (Wildman–Crippen MR) is 208 cm³/mol. The normalized spacial score (nSPS) is 13.9. The fourth-order valence-corrected chi connectivity index (χ4v) is 6.48. The first-order valence-electron chi connectivity index (χ1n) is 20.7. The van der Waals surface area contributed by atoms with E-state index in [-0.39, 0.29) is 19.4 Å². The molecule has 0 aromatic heterocycles. The summed E-state index contributed by atoms with van der Waals surface area (Å²) in [6, 6.07) is -1.52. The van der Waals surface area contributed by atoms with Crippen LogP contribution >= 0.6 is 7.82 Å². The standard InChI is InChI=1S/C40H76NO10P/c1-3-5-7-9-11-13-15-17-18-20-21-23-25-27-29-31-38(42)48-33-36(34-49-52(46,47)50-35-37(41)40(44)45)51-39(43)32-30-28-26-24-22-19-16-14-12-10-8-6-4-2/h13,15,36-37H,3-12,14,16-35,41H2,1-2H3,(H,44,45)(H,46,47)/b15-13+/t36-,37+/m1/s1. The molecule has 52 heavy (non-hydrogen) atoms. The molecular formula is C40H76NO10P. The van der Waals surface area contributed by atoms with Gasteiger partial charge in [-0.25, -0.2) is 4.57 Å². The number of phosphoric acid groups is 1. The lowest BCUT2D eigenvalue weighted by molar-refractivity contribution is -0.161. The van der Waals surface area contributed by atoms with Gasteiger partial charge in [0.25, 0.3) is 0 Å². The molecule has 0 fully saturated rings. The summed E-state index contributed by atoms with van der Waals surface area (Å²) in [6.07, 6.45) is 34.1. The van der Waals surface area contributed by atoms with Gasteiger partial charge in [0.1, 0.15) is 12.6 Å². The lowest BCUT2D eigenvalue weighted by atomic mass is 10.0. The molecule has 3 atom stereocenters. The average molecular weight is 762 g/mol. The summed E-state index contributed by atoms with van der Waals surface area (Å²) in [7, 11) is -4.71. The van der Waals surface area contributed by atoms with Crippen LogP contribution < -0.4 is 5.73 Å². The van der Waals surface area contributed by atoms with Gasteiger partial charge in [0, 0.05) is 12.8 Å². The summed E-state index contributed by atoms with van der Waals surface area (Å²) in [4.78, 5) is 45.8. The van der Waals surface area contributed by atoms with E-state index in [9.17, 15) is 23.8 Å². The summed E-state index contributed by atoms with van der Waals surface area (Å²) in [5.74, 6) is -2.37. The highest BCUT2D eigenvalue weighted by Crippen LogP contribution is 2.43. The van der Waals surface area contributed by atoms with Crippen LogP contribution in [0.1, 0.15) is 194 Å². The van der Waals surface area contributed by atoms with Crippen molar-refractivity contribution in [1.29, 1.82) is 0 Å². The summed E-state index contributed by atoms with van der Waals surface area (Å²) >= 11 is 0. The maximum absolute atomic E-state index is 12.6. The fraction of sp³-hybridized carbons (Fsp3) is 0.875. The number of nitrogens with two attached hydrogens (primary N) is 1. The zero-order valence-corrected chi connectivity index (χ0v) is 33.8. The first-order chi connectivity index (χ1) is 25.1. The summed E-state index contributed by atoms with van der Waals surface area (Å²) < 4.78 is 32.6. The maximum Gasteiger partial charge on any atom is 0.472 e. The number of hydrogen-bond donors (Lipinski definition) is 3. The molecule has 0 aliphatic heterocycles. The second-order valence-corrected chi connectivity index (χ2v) is 15.6. The van der Waals surface area contributed by atoms with Gasteiger partial charge in [0.2, 0.25) is 0 Å². The Morgan fingerprint density at radius 1 is 0.577 bits per heavy atom. The molecule has 0 aliphatic rings. The Morgan fingerprint density at radius 3 is 1.42 bits per heavy atom. The van der Waals surface area contributed by atoms with Crippen molar-refractivity contribution in [2.24, 2.45) is 5.73 Å². The van der Waals surface area contributed by atoms with E-state index in [4.69, 9.17) is 24.8 Å². The molecule has 0 saturated carbocycles. The van der Waals surface area contributed by atoms with E-state index in [0.29, 0.717) is 12.8 Å². The zero-order chi connectivity index (χ0) is 38.5. The largest absolute Gasteiger partial charge is 0.480 e. The third kappa shape index (κ3) is 35.3. The van der Waals surface area contributed by atoms with Gasteiger partial charge in [0.05, 0.1) is 13.2 Å². The summed E-state index contributed by atoms with van der Waals surface area (Å²) in [6.45, 7) is 2.79. The van der Waals surface area contributed by atoms with Crippen LogP contribution in [0.15, 0.2) is 12.2 Å². The topological polar surface area (TPSA) is 172 Å². The predicted octanol–water partition coefficient (Wildman–Crippen LogP) is 10.5. The molecule has 0 bridgehead atoms. The van der Waals surface area contributed by atoms with Crippen molar-refractivity contribution in [2.75, 3.05) is 19.8 Å². The molecule has 0 aromatic carbocycles. The Labute approximate surface area is 316 Å². The molecule has 4 N–H and O–H groups in total. The second-order valence-electron chi connectivity index (χ2n) is 14.1. The van der Waals surface area contributed by atoms with Crippen LogP contribution in [-0.4, -0.2) is 59.9 Å². The number of unbranched alkanes of at least 4 members (excludes halogenated alkanes) is 23. The Bertz CT molecular complexity index is 947. The van der Waals surface area contributed by atoms with E-state index in [1.165, 1.54) is 109 Å². The number of hydrogen-bond acceptors (Lipinski definition) is 9. The fourth-order valence-electron chi connectivity index (χ4n) is 5.71. The Hall–Kier alpha value is -1.78. The molecule has 0 aliphatic carbocycles. The Morgan fingerprint density at radius 2 is 0.962 bits per heavy atom. The molecule has 0 heterocycles. The minimum atomic E-state index is -4.71. The molecule has 0 amide bonds. The zero-order valence-electron chi connectivity index (χ0n) is 32.9. The van der Waals surface area contributed by atoms with E-state index in [1.807, 2.05) is 0 Å². The van der Waals surface area contributed by atoms with Crippen LogP contribution in [0.25, 0.3) is 0 Å². The van der Waals surface area contributed by atoms with Crippen molar-refractivity contribution in [3.63, 3.8) is 0 Å². The van der Waals surface area contributed by atoms with Crippen LogP contribution in [0.3, 0.4) is 0 Å². The quantitative estimate of drug-likeness (QED) is 0.0235. The average Bonchev–Trinajstić information content (AvgIpc) is 3.12. The molecule has 12 heteroatoms. The number of aliphatic carboxylic acids is 1. The Kier molecular flexibility index (Phi) is 35.0. The van der Waals surface area contributed by atoms with Crippen molar-refractivity contribution in [3.05, 3.63) is 12.2 Å². The van der Waals surface area contributed by atoms with Gasteiger partial charge in [0.15, 0.2) is 6.10 Å². The number of carboxylic acids is 1. The third-order valence-corrected chi connectivity index (χ3v) is 9.96. The molecule has 0 saturated heterocycles. The van der Waals surface area contributed by atoms with Gasteiger partial charge in [-0.1, -0.05) is 154 Å². The minimum absolute atomic E-state index is 0.165. The van der Waals surface area contributed by atoms with Crippen molar-refractivity contribution >= 4 is 25.7 Å². The van der Waals surface area contributed by atoms with Gasteiger partial charge >= 0.3 is 25.7 Å². The lowest BCUT2D eigenvalue weighted by Gasteiger charge is -2.20. The van der Waals surface area contributed by atoms with Crippen LogP contribution in [0.4, 0.5) is 0 Å². The molecule has 1 unspecified atom stereocenters. The van der Waals surface area contributed by atoms with Crippen LogP contribution in [-0.2, 0) is 37.5 Å².